The molecule has 2 aromatic carbocycles. The molecule has 0 spiro atoms. The molecule has 1 aliphatic rings. The molecule has 0 aromatic heterocycles. The quantitative estimate of drug-likeness (QED) is 0.400. The highest BCUT2D eigenvalue weighted by Gasteiger charge is 2.33. The maximum atomic E-state index is 11.4. The fraction of sp³-hybridized carbons (Fsp3) is 0.500. The second-order valence-corrected chi connectivity index (χ2v) is 8.93. The Morgan fingerprint density at radius 2 is 1.93 bits per heavy atom. The minimum Gasteiger partial charge on any atom is -0.345 e. The van der Waals surface area contributed by atoms with Crippen LogP contribution in [-0.2, 0) is 0 Å². The summed E-state index contributed by atoms with van der Waals surface area (Å²) >= 11 is 1.81. The maximum absolute atomic E-state index is 11.4. The van der Waals surface area contributed by atoms with E-state index in [2.05, 4.69) is 32.6 Å². The number of thioether (sulfide) groups is 1. The number of amidine groups is 1. The molecule has 0 saturated carbocycles. The van der Waals surface area contributed by atoms with Gasteiger partial charge in [-0.1, -0.05) is 57.2 Å². The third-order valence-electron chi connectivity index (χ3n) is 5.23. The third kappa shape index (κ3) is 4.32. The van der Waals surface area contributed by atoms with Crippen LogP contribution in [0.15, 0.2) is 41.4 Å². The van der Waals surface area contributed by atoms with Crippen LogP contribution in [-0.4, -0.2) is 32.8 Å². The fourth-order valence-electron chi connectivity index (χ4n) is 4.03. The van der Waals surface area contributed by atoms with Crippen LogP contribution < -0.4 is 0 Å². The molecule has 6 heteroatoms. The molecule has 150 valence electrons. The molecule has 0 radical (unpaired) electrons. The summed E-state index contributed by atoms with van der Waals surface area (Å²) in [6.45, 7) is 9.04. The predicted molar refractivity (Wildman–Crippen MR) is 120 cm³/mol. The lowest BCUT2D eigenvalue weighted by molar-refractivity contribution is -0.383. The van der Waals surface area contributed by atoms with E-state index in [0.29, 0.717) is 23.4 Å². The second-order valence-electron chi connectivity index (χ2n) is 7.94. The van der Waals surface area contributed by atoms with Crippen molar-refractivity contribution < 1.29 is 4.92 Å². The zero-order valence-electron chi connectivity index (χ0n) is 17.1. The number of nitro benzene ring substituents is 1. The number of fused-ring (bicyclic) bond motifs is 1. The van der Waals surface area contributed by atoms with Crippen LogP contribution in [0.4, 0.5) is 11.4 Å². The van der Waals surface area contributed by atoms with Crippen molar-refractivity contribution in [2.24, 2.45) is 10.9 Å². The molecule has 3 rings (SSSR count). The number of hydrogen-bond acceptors (Lipinski definition) is 4. The molecule has 2 aromatic rings. The summed E-state index contributed by atoms with van der Waals surface area (Å²) in [7, 11) is 0. The molecule has 5 nitrogen and oxygen atoms in total. The first kappa shape index (κ1) is 20.6. The van der Waals surface area contributed by atoms with Crippen molar-refractivity contribution in [3.8, 4) is 0 Å². The van der Waals surface area contributed by atoms with Gasteiger partial charge in [0.2, 0.25) is 0 Å². The summed E-state index contributed by atoms with van der Waals surface area (Å²) in [4.78, 5) is 18.6. The van der Waals surface area contributed by atoms with Gasteiger partial charge in [-0.2, -0.15) is 0 Å². The zero-order chi connectivity index (χ0) is 20.3. The van der Waals surface area contributed by atoms with E-state index >= 15 is 0 Å². The molecule has 28 heavy (non-hydrogen) atoms. The molecule has 0 N–H and O–H groups in total. The third-order valence-corrected chi connectivity index (χ3v) is 6.35. The van der Waals surface area contributed by atoms with Gasteiger partial charge in [0, 0.05) is 29.3 Å². The van der Waals surface area contributed by atoms with Crippen LogP contribution in [0.3, 0.4) is 0 Å². The molecule has 0 amide bonds. The summed E-state index contributed by atoms with van der Waals surface area (Å²) < 4.78 is 0. The molecular formula is C22H29N3O2S. The molecule has 1 fully saturated rings. The van der Waals surface area contributed by atoms with Gasteiger partial charge in [-0.05, 0) is 37.8 Å². The van der Waals surface area contributed by atoms with Crippen LogP contribution >= 0.6 is 11.8 Å². The standard InChI is InChI=1S/C22H29N3O2S/c1-5-8-16(4)24-17(13-15(2)3)14-28-22(24)23-20-11-12-21(25(26)27)19-10-7-6-9-18(19)20/h6-7,9-12,15-17H,5,8,13-14H2,1-4H3/t16?,17-/m0/s1. The SMILES string of the molecule is CCCC(C)N1C(=Nc2ccc([N+](=O)[O-])c3ccccc23)SC[C@@H]1CC(C)C. The molecular weight excluding hydrogens is 370 g/mol. The highest BCUT2D eigenvalue weighted by atomic mass is 32.2. The number of rotatable bonds is 7. The number of nitrogens with zero attached hydrogens (tertiary/aromatic N) is 3. The summed E-state index contributed by atoms with van der Waals surface area (Å²) in [5, 5.41) is 13.9. The topological polar surface area (TPSA) is 58.7 Å². The van der Waals surface area contributed by atoms with Crippen molar-refractivity contribution in [2.75, 3.05) is 5.75 Å². The summed E-state index contributed by atoms with van der Waals surface area (Å²) in [5.41, 5.74) is 0.940. The largest absolute Gasteiger partial charge is 0.345 e. The second kappa shape index (κ2) is 8.95. The lowest BCUT2D eigenvalue weighted by Gasteiger charge is -2.33. The van der Waals surface area contributed by atoms with Gasteiger partial charge in [-0.25, -0.2) is 4.99 Å². The normalized spacial score (nSPS) is 19.7. The Hall–Kier alpha value is -2.08. The Morgan fingerprint density at radius 3 is 2.57 bits per heavy atom. The minimum atomic E-state index is -0.322. The summed E-state index contributed by atoms with van der Waals surface area (Å²) in [5.74, 6) is 1.69. The van der Waals surface area contributed by atoms with E-state index in [1.54, 1.807) is 18.2 Å². The van der Waals surface area contributed by atoms with Crippen LogP contribution in [0.25, 0.3) is 10.8 Å². The van der Waals surface area contributed by atoms with Gasteiger partial charge in [0.25, 0.3) is 5.69 Å². The molecule has 1 saturated heterocycles. The van der Waals surface area contributed by atoms with E-state index in [1.165, 1.54) is 0 Å². The van der Waals surface area contributed by atoms with Gasteiger partial charge in [-0.15, -0.1) is 0 Å². The number of nitro groups is 1. The maximum Gasteiger partial charge on any atom is 0.277 e. The van der Waals surface area contributed by atoms with E-state index in [9.17, 15) is 10.1 Å². The van der Waals surface area contributed by atoms with Crippen molar-refractivity contribution in [3.05, 3.63) is 46.5 Å². The smallest absolute Gasteiger partial charge is 0.277 e. The Morgan fingerprint density at radius 1 is 1.21 bits per heavy atom. The average Bonchev–Trinajstić information content (AvgIpc) is 3.03. The highest BCUT2D eigenvalue weighted by Crippen LogP contribution is 2.37. The zero-order valence-corrected chi connectivity index (χ0v) is 17.9. The number of non-ortho nitro benzene ring substituents is 1. The van der Waals surface area contributed by atoms with Gasteiger partial charge < -0.3 is 4.90 Å². The van der Waals surface area contributed by atoms with E-state index in [1.807, 2.05) is 30.0 Å². The molecule has 1 heterocycles. The van der Waals surface area contributed by atoms with Crippen molar-refractivity contribution in [1.29, 1.82) is 0 Å². The van der Waals surface area contributed by atoms with Gasteiger partial charge >= 0.3 is 0 Å². The van der Waals surface area contributed by atoms with E-state index < -0.39 is 0 Å². The summed E-state index contributed by atoms with van der Waals surface area (Å²) in [6.07, 6.45) is 3.43. The van der Waals surface area contributed by atoms with Gasteiger partial charge in [0.15, 0.2) is 5.17 Å². The molecule has 1 aliphatic heterocycles. The van der Waals surface area contributed by atoms with Crippen LogP contribution in [0.2, 0.25) is 0 Å². The number of hydrogen-bond donors (Lipinski definition) is 0. The van der Waals surface area contributed by atoms with E-state index in [-0.39, 0.29) is 10.6 Å². The Kier molecular flexibility index (Phi) is 6.60. The monoisotopic (exact) mass is 399 g/mol. The number of aliphatic imine (C=N–C) groups is 1. The Bertz CT molecular complexity index is 881. The van der Waals surface area contributed by atoms with Crippen LogP contribution in [0.1, 0.15) is 47.0 Å². The fourth-order valence-corrected chi connectivity index (χ4v) is 5.31. The van der Waals surface area contributed by atoms with Crippen molar-refractivity contribution in [1.82, 2.24) is 4.90 Å². The van der Waals surface area contributed by atoms with Gasteiger partial charge in [-0.3, -0.25) is 10.1 Å². The van der Waals surface area contributed by atoms with Crippen molar-refractivity contribution in [2.45, 2.75) is 59.0 Å². The van der Waals surface area contributed by atoms with Gasteiger partial charge in [0.05, 0.1) is 16.0 Å². The minimum absolute atomic E-state index is 0.132. The van der Waals surface area contributed by atoms with E-state index in [0.717, 1.165) is 41.3 Å². The molecule has 0 aliphatic carbocycles. The summed E-state index contributed by atoms with van der Waals surface area (Å²) in [6, 6.07) is 11.8. The van der Waals surface area contributed by atoms with Crippen LogP contribution in [0, 0.1) is 16.0 Å². The van der Waals surface area contributed by atoms with Crippen molar-refractivity contribution in [3.63, 3.8) is 0 Å². The highest BCUT2D eigenvalue weighted by molar-refractivity contribution is 8.14. The first-order valence-electron chi connectivity index (χ1n) is 10.1. The number of benzene rings is 2. The van der Waals surface area contributed by atoms with Crippen LogP contribution in [0.5, 0.6) is 0 Å². The van der Waals surface area contributed by atoms with Crippen molar-refractivity contribution >= 4 is 39.1 Å². The first-order chi connectivity index (χ1) is 13.4. The first-order valence-corrected chi connectivity index (χ1v) is 11.1. The molecule has 1 unspecified atom stereocenters. The lowest BCUT2D eigenvalue weighted by atomic mass is 10.0. The average molecular weight is 400 g/mol. The Balaban J connectivity index is 2.04. The predicted octanol–water partition coefficient (Wildman–Crippen LogP) is 6.39. The Labute approximate surface area is 171 Å². The lowest BCUT2D eigenvalue weighted by Crippen LogP contribution is -2.41. The van der Waals surface area contributed by atoms with Gasteiger partial charge in [0.1, 0.15) is 0 Å². The van der Waals surface area contributed by atoms with E-state index in [4.69, 9.17) is 4.99 Å². The molecule has 0 bridgehead atoms. The molecule has 2 atom stereocenters.